The van der Waals surface area contributed by atoms with Crippen LogP contribution in [-0.2, 0) is 17.8 Å². The van der Waals surface area contributed by atoms with Gasteiger partial charge in [0.2, 0.25) is 0 Å². The Bertz CT molecular complexity index is 343. The molecule has 1 rings (SSSR count). The number of methoxy groups -OCH3 is 1. The lowest BCUT2D eigenvalue weighted by Crippen LogP contribution is -2.29. The summed E-state index contributed by atoms with van der Waals surface area (Å²) in [7, 11) is 1.68. The van der Waals surface area contributed by atoms with Crippen molar-refractivity contribution in [1.82, 2.24) is 14.5 Å². The molecule has 0 bridgehead atoms. The number of imidazole rings is 1. The van der Waals surface area contributed by atoms with Crippen molar-refractivity contribution in [3.05, 3.63) is 22.9 Å². The second kappa shape index (κ2) is 7.24. The molecule has 1 aromatic rings. The summed E-state index contributed by atoms with van der Waals surface area (Å²) in [5.41, 5.74) is 0.0791. The lowest BCUT2D eigenvalue weighted by molar-refractivity contribution is 0.199. The highest BCUT2D eigenvalue weighted by Gasteiger charge is 2.01. The normalized spacial score (nSPS) is 10.9. The Morgan fingerprint density at radius 3 is 2.56 bits per heavy atom. The van der Waals surface area contributed by atoms with Crippen LogP contribution in [0.15, 0.2) is 17.2 Å². The first-order valence-corrected chi connectivity index (χ1v) is 5.74. The van der Waals surface area contributed by atoms with E-state index in [9.17, 15) is 4.79 Å². The molecule has 16 heavy (non-hydrogen) atoms. The zero-order valence-corrected chi connectivity index (χ0v) is 10.1. The highest BCUT2D eigenvalue weighted by Crippen LogP contribution is 1.87. The Hall–Kier alpha value is -1.07. The van der Waals surface area contributed by atoms with Gasteiger partial charge in [-0.3, -0.25) is 9.13 Å². The van der Waals surface area contributed by atoms with Gasteiger partial charge in [0.15, 0.2) is 0 Å². The predicted molar refractivity (Wildman–Crippen MR) is 63.7 cm³/mol. The van der Waals surface area contributed by atoms with Gasteiger partial charge in [0.25, 0.3) is 0 Å². The zero-order chi connectivity index (χ0) is 11.8. The molecule has 1 N–H and O–H groups in total. The highest BCUT2D eigenvalue weighted by atomic mass is 16.5. The number of hydrogen-bond donors (Lipinski definition) is 1. The van der Waals surface area contributed by atoms with Gasteiger partial charge in [0.05, 0.1) is 6.61 Å². The molecule has 0 radical (unpaired) electrons. The van der Waals surface area contributed by atoms with Crippen LogP contribution in [0.5, 0.6) is 0 Å². The Kier molecular flexibility index (Phi) is 5.88. The van der Waals surface area contributed by atoms with Crippen LogP contribution in [0.2, 0.25) is 0 Å². The largest absolute Gasteiger partial charge is 0.383 e. The molecule has 1 aromatic heterocycles. The molecule has 0 spiro atoms. The predicted octanol–water partition coefficient (Wildman–Crippen LogP) is 0.296. The SMILES string of the molecule is CCCn1ccn(CCNCCOC)c1=O. The summed E-state index contributed by atoms with van der Waals surface area (Å²) in [4.78, 5) is 11.8. The van der Waals surface area contributed by atoms with Crippen LogP contribution in [0, 0.1) is 0 Å². The summed E-state index contributed by atoms with van der Waals surface area (Å²) >= 11 is 0. The molecular weight excluding hydrogens is 206 g/mol. The Labute approximate surface area is 96.0 Å². The molecule has 0 amide bonds. The van der Waals surface area contributed by atoms with Gasteiger partial charge in [-0.15, -0.1) is 0 Å². The molecule has 0 saturated heterocycles. The molecule has 0 saturated carbocycles. The number of hydrogen-bond acceptors (Lipinski definition) is 3. The lowest BCUT2D eigenvalue weighted by Gasteiger charge is -2.04. The second-order valence-corrected chi connectivity index (χ2v) is 3.71. The summed E-state index contributed by atoms with van der Waals surface area (Å²) < 4.78 is 8.40. The van der Waals surface area contributed by atoms with Gasteiger partial charge in [-0.2, -0.15) is 0 Å². The van der Waals surface area contributed by atoms with Gasteiger partial charge in [-0.05, 0) is 6.42 Å². The average molecular weight is 227 g/mol. The quantitative estimate of drug-likeness (QED) is 0.650. The van der Waals surface area contributed by atoms with Crippen molar-refractivity contribution in [2.24, 2.45) is 0 Å². The molecule has 0 aromatic carbocycles. The number of nitrogens with one attached hydrogen (secondary N) is 1. The van der Waals surface area contributed by atoms with Crippen LogP contribution in [0.1, 0.15) is 13.3 Å². The number of aromatic nitrogens is 2. The van der Waals surface area contributed by atoms with Crippen LogP contribution in [0.3, 0.4) is 0 Å². The summed E-state index contributed by atoms with van der Waals surface area (Å²) in [6.07, 6.45) is 4.67. The fraction of sp³-hybridized carbons (Fsp3) is 0.727. The van der Waals surface area contributed by atoms with Gasteiger partial charge in [0, 0.05) is 45.7 Å². The van der Waals surface area contributed by atoms with Crippen LogP contribution in [0.25, 0.3) is 0 Å². The standard InChI is InChI=1S/C11H21N3O2/c1-3-6-13-8-9-14(11(13)15)7-4-12-5-10-16-2/h8-9,12H,3-7,10H2,1-2H3. The minimum absolute atomic E-state index is 0.0791. The first kappa shape index (κ1) is 13.0. The maximum Gasteiger partial charge on any atom is 0.328 e. The van der Waals surface area contributed by atoms with Gasteiger partial charge in [-0.25, -0.2) is 4.79 Å². The Balaban J connectivity index is 2.34. The molecule has 0 unspecified atom stereocenters. The molecule has 5 nitrogen and oxygen atoms in total. The molecule has 0 atom stereocenters. The summed E-state index contributed by atoms with van der Waals surface area (Å²) in [6, 6.07) is 0. The lowest BCUT2D eigenvalue weighted by atomic mass is 10.5. The van der Waals surface area contributed by atoms with Crippen LogP contribution in [-0.4, -0.2) is 35.9 Å². The number of aryl methyl sites for hydroxylation is 1. The van der Waals surface area contributed by atoms with Crippen molar-refractivity contribution in [1.29, 1.82) is 0 Å². The number of nitrogens with zero attached hydrogens (tertiary/aromatic N) is 2. The number of rotatable bonds is 8. The van der Waals surface area contributed by atoms with E-state index in [1.165, 1.54) is 0 Å². The summed E-state index contributed by atoms with van der Waals surface area (Å²) in [6.45, 7) is 5.88. The molecule has 0 aliphatic heterocycles. The summed E-state index contributed by atoms with van der Waals surface area (Å²) in [5, 5.41) is 3.21. The fourth-order valence-corrected chi connectivity index (χ4v) is 1.53. The minimum Gasteiger partial charge on any atom is -0.383 e. The van der Waals surface area contributed by atoms with E-state index in [4.69, 9.17) is 4.74 Å². The third-order valence-electron chi connectivity index (χ3n) is 2.39. The van der Waals surface area contributed by atoms with E-state index in [0.717, 1.165) is 26.1 Å². The smallest absolute Gasteiger partial charge is 0.328 e. The van der Waals surface area contributed by atoms with E-state index in [2.05, 4.69) is 12.2 Å². The van der Waals surface area contributed by atoms with E-state index >= 15 is 0 Å². The maximum atomic E-state index is 11.8. The van der Waals surface area contributed by atoms with E-state index in [-0.39, 0.29) is 5.69 Å². The highest BCUT2D eigenvalue weighted by molar-refractivity contribution is 4.81. The van der Waals surface area contributed by atoms with Crippen LogP contribution >= 0.6 is 0 Å². The molecule has 5 heteroatoms. The van der Waals surface area contributed by atoms with Crippen molar-refractivity contribution in [2.45, 2.75) is 26.4 Å². The van der Waals surface area contributed by atoms with E-state index in [0.29, 0.717) is 13.2 Å². The topological polar surface area (TPSA) is 48.2 Å². The first-order chi connectivity index (χ1) is 7.79. The van der Waals surface area contributed by atoms with Crippen molar-refractivity contribution in [3.63, 3.8) is 0 Å². The third kappa shape index (κ3) is 3.83. The van der Waals surface area contributed by atoms with E-state index in [1.807, 2.05) is 12.4 Å². The monoisotopic (exact) mass is 227 g/mol. The average Bonchev–Trinajstić information content (AvgIpc) is 2.62. The molecule has 0 fully saturated rings. The zero-order valence-electron chi connectivity index (χ0n) is 10.1. The molecule has 1 heterocycles. The van der Waals surface area contributed by atoms with Gasteiger partial charge >= 0.3 is 5.69 Å². The van der Waals surface area contributed by atoms with Crippen molar-refractivity contribution in [2.75, 3.05) is 26.8 Å². The summed E-state index contributed by atoms with van der Waals surface area (Å²) in [5.74, 6) is 0. The molecular formula is C11H21N3O2. The van der Waals surface area contributed by atoms with E-state index < -0.39 is 0 Å². The Morgan fingerprint density at radius 1 is 1.25 bits per heavy atom. The molecule has 0 aliphatic carbocycles. The van der Waals surface area contributed by atoms with Gasteiger partial charge < -0.3 is 10.1 Å². The fourth-order valence-electron chi connectivity index (χ4n) is 1.53. The molecule has 0 aliphatic rings. The van der Waals surface area contributed by atoms with E-state index in [1.54, 1.807) is 16.2 Å². The Morgan fingerprint density at radius 2 is 1.94 bits per heavy atom. The minimum atomic E-state index is 0.0791. The number of ether oxygens (including phenoxy) is 1. The maximum absolute atomic E-state index is 11.8. The van der Waals surface area contributed by atoms with Gasteiger partial charge in [-0.1, -0.05) is 6.92 Å². The van der Waals surface area contributed by atoms with Crippen molar-refractivity contribution < 1.29 is 4.74 Å². The third-order valence-corrected chi connectivity index (χ3v) is 2.39. The van der Waals surface area contributed by atoms with Gasteiger partial charge in [0.1, 0.15) is 0 Å². The first-order valence-electron chi connectivity index (χ1n) is 5.74. The van der Waals surface area contributed by atoms with Crippen LogP contribution in [0.4, 0.5) is 0 Å². The second-order valence-electron chi connectivity index (χ2n) is 3.71. The van der Waals surface area contributed by atoms with Crippen LogP contribution < -0.4 is 11.0 Å². The molecule has 92 valence electrons. The van der Waals surface area contributed by atoms with Crippen molar-refractivity contribution in [3.8, 4) is 0 Å². The van der Waals surface area contributed by atoms with Crippen molar-refractivity contribution >= 4 is 0 Å².